The molecule has 1 aromatic rings. The summed E-state index contributed by atoms with van der Waals surface area (Å²) in [6.45, 7) is 2.71. The minimum Gasteiger partial charge on any atom is -0.496 e. The summed E-state index contributed by atoms with van der Waals surface area (Å²) in [5.74, 6) is 1.33. The number of fused-ring (bicyclic) bond motifs is 4. The summed E-state index contributed by atoms with van der Waals surface area (Å²) >= 11 is 3.71. The number of piperidine rings is 2. The van der Waals surface area contributed by atoms with E-state index in [-0.39, 0.29) is 6.04 Å². The maximum absolute atomic E-state index is 12.3. The van der Waals surface area contributed by atoms with Gasteiger partial charge in [-0.05, 0) is 64.7 Å². The number of hydrogen-bond acceptors (Lipinski definition) is 4. The van der Waals surface area contributed by atoms with E-state index in [1.807, 2.05) is 6.07 Å². The summed E-state index contributed by atoms with van der Waals surface area (Å²) in [4.78, 5) is 2.56. The molecule has 0 spiro atoms. The van der Waals surface area contributed by atoms with Crippen molar-refractivity contribution in [2.24, 2.45) is 5.92 Å². The average molecular weight is 429 g/mol. The second-order valence-electron chi connectivity index (χ2n) is 7.49. The van der Waals surface area contributed by atoms with Gasteiger partial charge < -0.3 is 4.74 Å². The summed E-state index contributed by atoms with van der Waals surface area (Å²) in [5, 5.41) is 0. The Bertz CT molecular complexity index is 783. The van der Waals surface area contributed by atoms with Crippen LogP contribution >= 0.6 is 15.9 Å². The number of hydrogen-bond donors (Lipinski definition) is 0. The molecule has 0 N–H and O–H groups in total. The topological polar surface area (TPSA) is 49.9 Å². The van der Waals surface area contributed by atoms with Crippen LogP contribution in [0.4, 0.5) is 0 Å². The standard InChI is InChI=1S/C18H25BrN2O3S/c1-24-17-6-5-13-14(18(17)19)7-9-20-11-12-4-3-8-21(25(2,22)23)15(12)10-16(13)20/h5-6,12,15-16H,3-4,7-11H2,1-2H3/t12-,15-,16+/m1/s1. The Hall–Kier alpha value is -0.630. The van der Waals surface area contributed by atoms with Crippen LogP contribution in [-0.4, -0.2) is 56.7 Å². The van der Waals surface area contributed by atoms with Crippen molar-refractivity contribution in [1.29, 1.82) is 0 Å². The molecule has 2 fully saturated rings. The number of ether oxygens (including phenoxy) is 1. The molecule has 2 saturated heterocycles. The lowest BCUT2D eigenvalue weighted by Crippen LogP contribution is -2.57. The summed E-state index contributed by atoms with van der Waals surface area (Å²) in [5.41, 5.74) is 2.65. The van der Waals surface area contributed by atoms with E-state index in [9.17, 15) is 8.42 Å². The number of sulfonamides is 1. The molecule has 0 aliphatic carbocycles. The molecule has 0 bridgehead atoms. The van der Waals surface area contributed by atoms with Crippen molar-refractivity contribution in [3.8, 4) is 5.75 Å². The molecule has 3 atom stereocenters. The lowest BCUT2D eigenvalue weighted by atomic mass is 9.77. The van der Waals surface area contributed by atoms with Crippen molar-refractivity contribution >= 4 is 26.0 Å². The number of nitrogens with zero attached hydrogens (tertiary/aromatic N) is 2. The molecule has 3 aliphatic rings. The second-order valence-corrected chi connectivity index (χ2v) is 10.2. The normalized spacial score (nSPS) is 30.3. The van der Waals surface area contributed by atoms with Crippen LogP contribution in [-0.2, 0) is 16.4 Å². The Morgan fingerprint density at radius 1 is 1.28 bits per heavy atom. The van der Waals surface area contributed by atoms with E-state index < -0.39 is 10.0 Å². The molecule has 0 amide bonds. The van der Waals surface area contributed by atoms with Gasteiger partial charge in [0.15, 0.2) is 0 Å². The van der Waals surface area contributed by atoms with Crippen LogP contribution in [0.25, 0.3) is 0 Å². The summed E-state index contributed by atoms with van der Waals surface area (Å²) in [6.07, 6.45) is 5.38. The van der Waals surface area contributed by atoms with Gasteiger partial charge in [0.2, 0.25) is 10.0 Å². The van der Waals surface area contributed by atoms with Crippen molar-refractivity contribution in [3.63, 3.8) is 0 Å². The van der Waals surface area contributed by atoms with Gasteiger partial charge in [-0.25, -0.2) is 8.42 Å². The first-order valence-corrected chi connectivity index (χ1v) is 11.6. The number of methoxy groups -OCH3 is 1. The molecule has 4 rings (SSSR count). The highest BCUT2D eigenvalue weighted by molar-refractivity contribution is 9.10. The van der Waals surface area contributed by atoms with Crippen molar-refractivity contribution in [3.05, 3.63) is 27.7 Å². The Labute approximate surface area is 158 Å². The predicted octanol–water partition coefficient (Wildman–Crippen LogP) is 2.80. The minimum absolute atomic E-state index is 0.136. The van der Waals surface area contributed by atoms with E-state index in [1.165, 1.54) is 17.4 Å². The Morgan fingerprint density at radius 2 is 2.08 bits per heavy atom. The van der Waals surface area contributed by atoms with Crippen molar-refractivity contribution < 1.29 is 13.2 Å². The van der Waals surface area contributed by atoms with E-state index in [2.05, 4.69) is 26.9 Å². The molecular formula is C18H25BrN2O3S. The number of rotatable bonds is 2. The molecule has 0 saturated carbocycles. The third kappa shape index (κ3) is 3.03. The molecule has 0 unspecified atom stereocenters. The van der Waals surface area contributed by atoms with Gasteiger partial charge in [-0.1, -0.05) is 6.07 Å². The predicted molar refractivity (Wildman–Crippen MR) is 101 cm³/mol. The Balaban J connectivity index is 1.69. The molecule has 5 nitrogen and oxygen atoms in total. The van der Waals surface area contributed by atoms with Crippen LogP contribution < -0.4 is 4.74 Å². The fraction of sp³-hybridized carbons (Fsp3) is 0.667. The van der Waals surface area contributed by atoms with Crippen molar-refractivity contribution in [1.82, 2.24) is 9.21 Å². The Kier molecular flexibility index (Phi) is 4.63. The van der Waals surface area contributed by atoms with Crippen molar-refractivity contribution in [2.45, 2.75) is 37.8 Å². The zero-order valence-electron chi connectivity index (χ0n) is 14.7. The first-order chi connectivity index (χ1) is 11.9. The molecule has 1 aromatic carbocycles. The minimum atomic E-state index is -3.14. The summed E-state index contributed by atoms with van der Waals surface area (Å²) in [7, 11) is -1.45. The van der Waals surface area contributed by atoms with Gasteiger partial charge >= 0.3 is 0 Å². The summed E-state index contributed by atoms with van der Waals surface area (Å²) < 4.78 is 32.8. The third-order valence-corrected chi connectivity index (χ3v) is 8.31. The zero-order valence-corrected chi connectivity index (χ0v) is 17.1. The quantitative estimate of drug-likeness (QED) is 0.726. The molecule has 3 heterocycles. The average Bonchev–Trinajstić information content (AvgIpc) is 2.59. The van der Waals surface area contributed by atoms with Crippen LogP contribution in [0.2, 0.25) is 0 Å². The third-order valence-electron chi connectivity index (χ3n) is 6.14. The molecular weight excluding hydrogens is 404 g/mol. The van der Waals surface area contributed by atoms with E-state index in [0.717, 1.165) is 49.0 Å². The lowest BCUT2D eigenvalue weighted by molar-refractivity contribution is 0.0221. The molecule has 138 valence electrons. The molecule has 0 radical (unpaired) electrons. The second kappa shape index (κ2) is 6.51. The van der Waals surface area contributed by atoms with Crippen LogP contribution in [0, 0.1) is 5.92 Å². The van der Waals surface area contributed by atoms with Gasteiger partial charge in [-0.3, -0.25) is 4.90 Å². The van der Waals surface area contributed by atoms with Crippen molar-refractivity contribution in [2.75, 3.05) is 33.0 Å². The van der Waals surface area contributed by atoms with Gasteiger partial charge in [0, 0.05) is 31.7 Å². The first-order valence-electron chi connectivity index (χ1n) is 8.96. The van der Waals surface area contributed by atoms with E-state index in [0.29, 0.717) is 18.5 Å². The van der Waals surface area contributed by atoms with E-state index >= 15 is 0 Å². The first kappa shape index (κ1) is 17.8. The van der Waals surface area contributed by atoms with Crippen LogP contribution in [0.1, 0.15) is 36.4 Å². The maximum atomic E-state index is 12.3. The highest BCUT2D eigenvalue weighted by Gasteiger charge is 2.45. The van der Waals surface area contributed by atoms with Gasteiger partial charge in [-0.15, -0.1) is 0 Å². The smallest absolute Gasteiger partial charge is 0.211 e. The van der Waals surface area contributed by atoms with Crippen LogP contribution in [0.3, 0.4) is 0 Å². The highest BCUT2D eigenvalue weighted by Crippen LogP contribution is 2.46. The molecule has 0 aromatic heterocycles. The number of halogens is 1. The highest BCUT2D eigenvalue weighted by atomic mass is 79.9. The fourth-order valence-electron chi connectivity index (χ4n) is 5.01. The molecule has 7 heteroatoms. The van der Waals surface area contributed by atoms with Gasteiger partial charge in [0.1, 0.15) is 5.75 Å². The summed E-state index contributed by atoms with van der Waals surface area (Å²) in [6, 6.07) is 4.63. The lowest BCUT2D eigenvalue weighted by Gasteiger charge is -2.51. The van der Waals surface area contributed by atoms with Gasteiger partial charge in [-0.2, -0.15) is 4.31 Å². The van der Waals surface area contributed by atoms with Crippen LogP contribution in [0.15, 0.2) is 16.6 Å². The SMILES string of the molecule is COc1ccc2c(c1Br)CCN1C[C@H]3CCCN(S(C)(=O)=O)[C@@H]3C[C@@H]21. The maximum Gasteiger partial charge on any atom is 0.211 e. The van der Waals surface area contributed by atoms with Gasteiger partial charge in [0.05, 0.1) is 17.8 Å². The largest absolute Gasteiger partial charge is 0.496 e. The zero-order chi connectivity index (χ0) is 17.8. The monoisotopic (exact) mass is 428 g/mol. The van der Waals surface area contributed by atoms with E-state index in [1.54, 1.807) is 11.4 Å². The molecule has 3 aliphatic heterocycles. The Morgan fingerprint density at radius 3 is 2.80 bits per heavy atom. The number of benzene rings is 1. The van der Waals surface area contributed by atoms with Gasteiger partial charge in [0.25, 0.3) is 0 Å². The van der Waals surface area contributed by atoms with E-state index in [4.69, 9.17) is 4.74 Å². The molecule has 25 heavy (non-hydrogen) atoms. The van der Waals surface area contributed by atoms with Crippen LogP contribution in [0.5, 0.6) is 5.75 Å². The fourth-order valence-corrected chi connectivity index (χ4v) is 6.94.